The molecule has 4 heteroatoms. The van der Waals surface area contributed by atoms with Gasteiger partial charge in [0.15, 0.2) is 0 Å². The third-order valence-corrected chi connectivity index (χ3v) is 4.19. The summed E-state index contributed by atoms with van der Waals surface area (Å²) < 4.78 is 0. The van der Waals surface area contributed by atoms with Crippen LogP contribution in [0.25, 0.3) is 0 Å². The van der Waals surface area contributed by atoms with E-state index in [0.29, 0.717) is 0 Å². The van der Waals surface area contributed by atoms with Crippen molar-refractivity contribution in [2.45, 2.75) is 44.7 Å². The highest BCUT2D eigenvalue weighted by molar-refractivity contribution is 5.44. The second kappa shape index (κ2) is 6.16. The van der Waals surface area contributed by atoms with Gasteiger partial charge in [-0.05, 0) is 45.0 Å². The predicted octanol–water partition coefficient (Wildman–Crippen LogP) is 1.65. The van der Waals surface area contributed by atoms with Crippen LogP contribution in [0.2, 0.25) is 0 Å². The Balaban J connectivity index is 2.92. The molecule has 0 aromatic carbocycles. The maximum Gasteiger partial charge on any atom is 0.0378 e. The second-order valence-corrected chi connectivity index (χ2v) is 5.09. The van der Waals surface area contributed by atoms with Crippen LogP contribution in [0.15, 0.2) is 18.5 Å². The van der Waals surface area contributed by atoms with Gasteiger partial charge in [-0.2, -0.15) is 0 Å². The summed E-state index contributed by atoms with van der Waals surface area (Å²) in [5, 5.41) is 0. The van der Waals surface area contributed by atoms with E-state index in [-0.39, 0.29) is 11.6 Å². The van der Waals surface area contributed by atoms with Crippen LogP contribution >= 0.6 is 0 Å². The van der Waals surface area contributed by atoms with Crippen LogP contribution in [-0.2, 0) is 6.42 Å². The molecule has 0 spiro atoms. The zero-order valence-corrected chi connectivity index (χ0v) is 12.0. The van der Waals surface area contributed by atoms with E-state index in [0.717, 1.165) is 30.5 Å². The standard InChI is InChI=1S/C14H26N4/c1-5-14(6-2,18(3)4)13(16)9-11-10-17-8-7-12(11)15/h7-8,10,13H,5-6,9,16H2,1-4H3,(H2,15,17). The molecule has 1 rings (SSSR count). The van der Waals surface area contributed by atoms with E-state index in [1.165, 1.54) is 0 Å². The van der Waals surface area contributed by atoms with Crippen LogP contribution in [0.4, 0.5) is 5.69 Å². The van der Waals surface area contributed by atoms with E-state index in [4.69, 9.17) is 11.5 Å². The number of pyridine rings is 1. The van der Waals surface area contributed by atoms with Crippen molar-refractivity contribution in [2.24, 2.45) is 5.73 Å². The molecular weight excluding hydrogens is 224 g/mol. The van der Waals surface area contributed by atoms with Crippen LogP contribution in [-0.4, -0.2) is 35.6 Å². The number of anilines is 1. The van der Waals surface area contributed by atoms with Gasteiger partial charge in [-0.25, -0.2) is 0 Å². The zero-order valence-electron chi connectivity index (χ0n) is 12.0. The predicted molar refractivity (Wildman–Crippen MR) is 77.3 cm³/mol. The van der Waals surface area contributed by atoms with Gasteiger partial charge in [0.25, 0.3) is 0 Å². The van der Waals surface area contributed by atoms with E-state index in [1.54, 1.807) is 6.20 Å². The highest BCUT2D eigenvalue weighted by atomic mass is 15.2. The normalized spacial score (nSPS) is 13.9. The first kappa shape index (κ1) is 14.9. The number of aromatic nitrogens is 1. The molecule has 0 saturated carbocycles. The average molecular weight is 250 g/mol. The SMILES string of the molecule is CCC(CC)(C(N)Cc1cnccc1N)N(C)C. The van der Waals surface area contributed by atoms with Crippen molar-refractivity contribution in [3.05, 3.63) is 24.0 Å². The molecule has 0 amide bonds. The summed E-state index contributed by atoms with van der Waals surface area (Å²) >= 11 is 0. The molecule has 0 fully saturated rings. The van der Waals surface area contributed by atoms with E-state index < -0.39 is 0 Å². The van der Waals surface area contributed by atoms with Crippen molar-refractivity contribution < 1.29 is 0 Å². The molecule has 0 saturated heterocycles. The van der Waals surface area contributed by atoms with Gasteiger partial charge in [-0.1, -0.05) is 13.8 Å². The Morgan fingerprint density at radius 2 is 1.94 bits per heavy atom. The van der Waals surface area contributed by atoms with Gasteiger partial charge < -0.3 is 16.4 Å². The molecule has 0 radical (unpaired) electrons. The Morgan fingerprint density at radius 3 is 2.39 bits per heavy atom. The molecule has 4 nitrogen and oxygen atoms in total. The summed E-state index contributed by atoms with van der Waals surface area (Å²) in [5.41, 5.74) is 14.2. The Bertz CT molecular complexity index is 372. The molecular formula is C14H26N4. The number of rotatable bonds is 6. The molecule has 0 bridgehead atoms. The number of nitrogens with zero attached hydrogens (tertiary/aromatic N) is 2. The minimum Gasteiger partial charge on any atom is -0.398 e. The molecule has 1 unspecified atom stereocenters. The van der Waals surface area contributed by atoms with Crippen molar-refractivity contribution in [1.82, 2.24) is 9.88 Å². The Labute approximate surface area is 110 Å². The third kappa shape index (κ3) is 2.82. The van der Waals surface area contributed by atoms with Gasteiger partial charge in [-0.15, -0.1) is 0 Å². The molecule has 0 aliphatic rings. The summed E-state index contributed by atoms with van der Waals surface area (Å²) in [5.74, 6) is 0. The second-order valence-electron chi connectivity index (χ2n) is 5.09. The number of nitrogens with two attached hydrogens (primary N) is 2. The average Bonchev–Trinajstić information content (AvgIpc) is 2.34. The lowest BCUT2D eigenvalue weighted by atomic mass is 9.81. The molecule has 1 atom stereocenters. The molecule has 1 aromatic rings. The van der Waals surface area contributed by atoms with Crippen LogP contribution in [0.5, 0.6) is 0 Å². The Morgan fingerprint density at radius 1 is 1.33 bits per heavy atom. The van der Waals surface area contributed by atoms with Gasteiger partial charge in [0.05, 0.1) is 0 Å². The first-order valence-electron chi connectivity index (χ1n) is 6.59. The van der Waals surface area contributed by atoms with Gasteiger partial charge in [0.1, 0.15) is 0 Å². The minimum absolute atomic E-state index is 0.0162. The largest absolute Gasteiger partial charge is 0.398 e. The maximum absolute atomic E-state index is 6.45. The van der Waals surface area contributed by atoms with Gasteiger partial charge in [0, 0.05) is 29.7 Å². The van der Waals surface area contributed by atoms with Crippen LogP contribution in [0.1, 0.15) is 32.3 Å². The van der Waals surface area contributed by atoms with Crippen LogP contribution < -0.4 is 11.5 Å². The lowest BCUT2D eigenvalue weighted by Crippen LogP contribution is -2.57. The van der Waals surface area contributed by atoms with Crippen molar-refractivity contribution in [3.63, 3.8) is 0 Å². The summed E-state index contributed by atoms with van der Waals surface area (Å²) in [6.07, 6.45) is 6.35. The van der Waals surface area contributed by atoms with Crippen molar-refractivity contribution in [3.8, 4) is 0 Å². The van der Waals surface area contributed by atoms with E-state index >= 15 is 0 Å². The maximum atomic E-state index is 6.45. The molecule has 1 heterocycles. The van der Waals surface area contributed by atoms with Gasteiger partial charge in [0.2, 0.25) is 0 Å². The van der Waals surface area contributed by atoms with Gasteiger partial charge in [-0.3, -0.25) is 4.98 Å². The lowest BCUT2D eigenvalue weighted by Gasteiger charge is -2.43. The molecule has 0 aliphatic heterocycles. The zero-order chi connectivity index (χ0) is 13.8. The van der Waals surface area contributed by atoms with Crippen molar-refractivity contribution in [2.75, 3.05) is 19.8 Å². The fourth-order valence-corrected chi connectivity index (χ4v) is 2.77. The van der Waals surface area contributed by atoms with E-state index in [9.17, 15) is 0 Å². The third-order valence-electron chi connectivity index (χ3n) is 4.19. The smallest absolute Gasteiger partial charge is 0.0378 e. The monoisotopic (exact) mass is 250 g/mol. The fourth-order valence-electron chi connectivity index (χ4n) is 2.77. The van der Waals surface area contributed by atoms with E-state index in [1.807, 2.05) is 12.3 Å². The first-order chi connectivity index (χ1) is 8.47. The van der Waals surface area contributed by atoms with Crippen molar-refractivity contribution >= 4 is 5.69 Å². The molecule has 4 N–H and O–H groups in total. The van der Waals surface area contributed by atoms with Crippen LogP contribution in [0, 0.1) is 0 Å². The number of nitrogen functional groups attached to an aromatic ring is 1. The number of likely N-dealkylation sites (N-methyl/N-ethyl adjacent to an activating group) is 1. The van der Waals surface area contributed by atoms with Crippen molar-refractivity contribution in [1.29, 1.82) is 0 Å². The highest BCUT2D eigenvalue weighted by Gasteiger charge is 2.35. The quantitative estimate of drug-likeness (QED) is 0.805. The van der Waals surface area contributed by atoms with Crippen LogP contribution in [0.3, 0.4) is 0 Å². The molecule has 1 aromatic heterocycles. The Hall–Kier alpha value is -1.13. The molecule has 102 valence electrons. The fraction of sp³-hybridized carbons (Fsp3) is 0.643. The number of hydrogen-bond donors (Lipinski definition) is 2. The summed E-state index contributed by atoms with van der Waals surface area (Å²) in [6.45, 7) is 4.38. The summed E-state index contributed by atoms with van der Waals surface area (Å²) in [7, 11) is 4.19. The minimum atomic E-state index is 0.0162. The number of hydrogen-bond acceptors (Lipinski definition) is 4. The summed E-state index contributed by atoms with van der Waals surface area (Å²) in [4.78, 5) is 6.37. The van der Waals surface area contributed by atoms with E-state index in [2.05, 4.69) is 37.8 Å². The molecule has 0 aliphatic carbocycles. The summed E-state index contributed by atoms with van der Waals surface area (Å²) in [6, 6.07) is 1.88. The highest BCUT2D eigenvalue weighted by Crippen LogP contribution is 2.27. The first-order valence-corrected chi connectivity index (χ1v) is 6.59. The lowest BCUT2D eigenvalue weighted by molar-refractivity contribution is 0.106. The Kier molecular flexibility index (Phi) is 5.11. The van der Waals surface area contributed by atoms with Gasteiger partial charge >= 0.3 is 0 Å². The topological polar surface area (TPSA) is 68.2 Å². The molecule has 18 heavy (non-hydrogen) atoms.